The molecule has 0 unspecified atom stereocenters. The Hall–Kier alpha value is 0.867. The van der Waals surface area contributed by atoms with Gasteiger partial charge in [0, 0.05) is 12.1 Å². The summed E-state index contributed by atoms with van der Waals surface area (Å²) >= 11 is -0.611. The first kappa shape index (κ1) is 18.6. The first-order valence-corrected chi connectivity index (χ1v) is 5.84. The van der Waals surface area contributed by atoms with Crippen LogP contribution in [-0.2, 0) is 11.2 Å². The predicted molar refractivity (Wildman–Crippen MR) is 60.5 cm³/mol. The van der Waals surface area contributed by atoms with E-state index in [0.717, 1.165) is 0 Å². The topological polar surface area (TPSA) is 35.1 Å². The van der Waals surface area contributed by atoms with Crippen molar-refractivity contribution in [3.63, 3.8) is 0 Å². The van der Waals surface area contributed by atoms with E-state index >= 15 is 0 Å². The van der Waals surface area contributed by atoms with Crippen LogP contribution in [0.5, 0.6) is 0 Å². The Morgan fingerprint density at radius 2 is 1.17 bits per heavy atom. The van der Waals surface area contributed by atoms with Crippen molar-refractivity contribution in [2.45, 2.75) is 39.8 Å². The third kappa shape index (κ3) is 44.7. The van der Waals surface area contributed by atoms with Crippen LogP contribution >= 0.6 is 0 Å². The van der Waals surface area contributed by atoms with Crippen molar-refractivity contribution in [2.24, 2.45) is 0 Å². The Morgan fingerprint density at radius 3 is 1.17 bits per heavy atom. The second-order valence-electron chi connectivity index (χ2n) is 3.22. The number of hydrogen-bond acceptors (Lipinski definition) is 2. The van der Waals surface area contributed by atoms with E-state index in [2.05, 4.69) is 33.0 Å². The molecule has 72 valence electrons. The molecule has 0 aliphatic heterocycles. The summed E-state index contributed by atoms with van der Waals surface area (Å²) in [7, 11) is 0. The molecule has 1 N–H and O–H groups in total. The van der Waals surface area contributed by atoms with Gasteiger partial charge >= 0.3 is 18.9 Å². The van der Waals surface area contributed by atoms with Gasteiger partial charge in [0.05, 0.1) is 12.5 Å². The van der Waals surface area contributed by atoms with Gasteiger partial charge in [-0.2, -0.15) is 0 Å². The molecule has 0 heterocycles. The molecule has 2 nitrogen and oxygen atoms in total. The van der Waals surface area contributed by atoms with Crippen LogP contribution in [0.2, 0.25) is 0 Å². The zero-order valence-corrected chi connectivity index (χ0v) is 9.29. The molecule has 0 saturated heterocycles. The van der Waals surface area contributed by atoms with E-state index in [1.54, 1.807) is 12.5 Å². The summed E-state index contributed by atoms with van der Waals surface area (Å²) in [5.41, 5.74) is 0. The first-order valence-electron chi connectivity index (χ1n) is 3.87. The van der Waals surface area contributed by atoms with Crippen LogP contribution in [-0.4, -0.2) is 48.0 Å². The summed E-state index contributed by atoms with van der Waals surface area (Å²) in [5, 5.41) is 3.31. The van der Waals surface area contributed by atoms with Gasteiger partial charge in [0.25, 0.3) is 0 Å². The average molecular weight is 187 g/mol. The van der Waals surface area contributed by atoms with Crippen molar-refractivity contribution in [1.82, 2.24) is 5.32 Å². The third-order valence-corrected chi connectivity index (χ3v) is 0.667. The Bertz CT molecular complexity index is 70.7. The summed E-state index contributed by atoms with van der Waals surface area (Å²) in [4.78, 5) is 0. The quantitative estimate of drug-likeness (QED) is 0.511. The predicted octanol–water partition coefficient (Wildman–Crippen LogP) is 0.739. The SMILES string of the molecule is CC(C)NC(C)C.C[S+](C)[O-].[LiH]. The summed E-state index contributed by atoms with van der Waals surface area (Å²) in [6.07, 6.45) is 3.28. The van der Waals surface area contributed by atoms with Crippen LogP contribution in [0.1, 0.15) is 27.7 Å². The van der Waals surface area contributed by atoms with Crippen LogP contribution in [0.25, 0.3) is 0 Å². The fraction of sp³-hybridized carbons (Fsp3) is 1.00. The van der Waals surface area contributed by atoms with Crippen molar-refractivity contribution in [3.05, 3.63) is 0 Å². The van der Waals surface area contributed by atoms with Crippen LogP contribution in [0.3, 0.4) is 0 Å². The normalized spacial score (nSPS) is 9.50. The van der Waals surface area contributed by atoms with E-state index in [1.807, 2.05) is 0 Å². The van der Waals surface area contributed by atoms with Crippen LogP contribution in [0.15, 0.2) is 0 Å². The van der Waals surface area contributed by atoms with Crippen molar-refractivity contribution in [3.8, 4) is 0 Å². The molecule has 0 amide bonds. The van der Waals surface area contributed by atoms with Gasteiger partial charge in [-0.15, -0.1) is 0 Å². The van der Waals surface area contributed by atoms with Gasteiger partial charge in [-0.25, -0.2) is 0 Å². The summed E-state index contributed by atoms with van der Waals surface area (Å²) in [6.45, 7) is 8.61. The molecule has 0 fully saturated rings. The molecule has 4 heteroatoms. The molecular weight excluding hydrogens is 165 g/mol. The Morgan fingerprint density at radius 1 is 1.00 bits per heavy atom. The van der Waals surface area contributed by atoms with E-state index in [4.69, 9.17) is 0 Å². The Balaban J connectivity index is -0.000000142. The van der Waals surface area contributed by atoms with E-state index in [-0.39, 0.29) is 18.9 Å². The maximum absolute atomic E-state index is 9.56. The van der Waals surface area contributed by atoms with Crippen LogP contribution < -0.4 is 5.32 Å². The molecular formula is C8H22LiNOS. The first-order chi connectivity index (χ1) is 4.86. The van der Waals surface area contributed by atoms with Crippen molar-refractivity contribution in [1.29, 1.82) is 0 Å². The van der Waals surface area contributed by atoms with Gasteiger partial charge in [0.15, 0.2) is 0 Å². The van der Waals surface area contributed by atoms with E-state index in [0.29, 0.717) is 12.1 Å². The molecule has 0 aliphatic carbocycles. The standard InChI is InChI=1S/C6H15N.C2H6OS.Li.H/c1-5(2)7-6(3)4;1-4(2)3;;/h5-7H,1-4H3;1-2H3;;. The zero-order chi connectivity index (χ0) is 9.44. The van der Waals surface area contributed by atoms with Crippen LogP contribution in [0, 0.1) is 0 Å². The third-order valence-electron chi connectivity index (χ3n) is 0.667. The van der Waals surface area contributed by atoms with Gasteiger partial charge in [-0.3, -0.25) is 0 Å². The van der Waals surface area contributed by atoms with Gasteiger partial charge in [0.1, 0.15) is 0 Å². The average Bonchev–Trinajstić information content (AvgIpc) is 1.56. The van der Waals surface area contributed by atoms with Gasteiger partial charge in [0.2, 0.25) is 0 Å². The molecule has 0 rings (SSSR count). The monoisotopic (exact) mass is 187 g/mol. The number of nitrogens with one attached hydrogen (secondary N) is 1. The Kier molecular flexibility index (Phi) is 18.4. The summed E-state index contributed by atoms with van der Waals surface area (Å²) in [5.74, 6) is 0. The summed E-state index contributed by atoms with van der Waals surface area (Å²) in [6, 6.07) is 1.25. The molecule has 0 aromatic heterocycles. The Labute approximate surface area is 92.2 Å². The second-order valence-corrected chi connectivity index (χ2v) is 4.70. The van der Waals surface area contributed by atoms with Crippen molar-refractivity contribution >= 4 is 30.0 Å². The van der Waals surface area contributed by atoms with Crippen molar-refractivity contribution in [2.75, 3.05) is 12.5 Å². The minimum atomic E-state index is -0.611. The molecule has 0 aliphatic rings. The van der Waals surface area contributed by atoms with Gasteiger partial charge < -0.3 is 9.87 Å². The molecule has 0 saturated carbocycles. The van der Waals surface area contributed by atoms with Gasteiger partial charge in [-0.1, -0.05) is 38.9 Å². The minimum absolute atomic E-state index is 0. The fourth-order valence-corrected chi connectivity index (χ4v) is 0.667. The second kappa shape index (κ2) is 11.9. The van der Waals surface area contributed by atoms with E-state index in [1.165, 1.54) is 0 Å². The molecule has 12 heavy (non-hydrogen) atoms. The van der Waals surface area contributed by atoms with Crippen molar-refractivity contribution < 1.29 is 4.55 Å². The van der Waals surface area contributed by atoms with Crippen LogP contribution in [0.4, 0.5) is 0 Å². The molecule has 0 atom stereocenters. The molecule has 0 bridgehead atoms. The molecule has 0 aromatic rings. The summed E-state index contributed by atoms with van der Waals surface area (Å²) < 4.78 is 9.56. The molecule has 0 radical (unpaired) electrons. The van der Waals surface area contributed by atoms with Gasteiger partial charge in [-0.05, 0) is 0 Å². The maximum atomic E-state index is 9.56. The van der Waals surface area contributed by atoms with E-state index in [9.17, 15) is 4.55 Å². The zero-order valence-electron chi connectivity index (χ0n) is 8.47. The fourth-order valence-electron chi connectivity index (χ4n) is 0.667. The number of rotatable bonds is 2. The van der Waals surface area contributed by atoms with E-state index < -0.39 is 11.2 Å². The molecule has 0 spiro atoms. The number of hydrogen-bond donors (Lipinski definition) is 1. The molecule has 0 aromatic carbocycles.